The Morgan fingerprint density at radius 3 is 1.71 bits per heavy atom. The molecule has 17 heavy (non-hydrogen) atoms. The molecule has 0 bridgehead atoms. The predicted molar refractivity (Wildman–Crippen MR) is 66.7 cm³/mol. The highest BCUT2D eigenvalue weighted by molar-refractivity contribution is 6.49. The van der Waals surface area contributed by atoms with E-state index < -0.39 is 22.7 Å². The molecule has 1 aliphatic carbocycles. The molecule has 1 aliphatic rings. The standard InChI is InChI=1S/C14H20O3/c1-13(2,3)8-7-9(14(4,5)6)11(16)12(17)10(8)15/h7,15H,1-6H3. The maximum Gasteiger partial charge on any atom is 0.267 e. The molecule has 0 amide bonds. The van der Waals surface area contributed by atoms with Crippen LogP contribution in [0.2, 0.25) is 0 Å². The summed E-state index contributed by atoms with van der Waals surface area (Å²) in [7, 11) is 0. The smallest absolute Gasteiger partial charge is 0.267 e. The van der Waals surface area contributed by atoms with E-state index in [1.165, 1.54) is 0 Å². The quantitative estimate of drug-likeness (QED) is 0.519. The van der Waals surface area contributed by atoms with Crippen molar-refractivity contribution in [1.82, 2.24) is 0 Å². The third-order valence-corrected chi connectivity index (χ3v) is 2.83. The van der Waals surface area contributed by atoms with Gasteiger partial charge >= 0.3 is 0 Å². The van der Waals surface area contributed by atoms with Gasteiger partial charge in [0, 0.05) is 11.1 Å². The van der Waals surface area contributed by atoms with Gasteiger partial charge in [0.25, 0.3) is 5.78 Å². The monoisotopic (exact) mass is 236 g/mol. The Morgan fingerprint density at radius 2 is 1.35 bits per heavy atom. The fourth-order valence-electron chi connectivity index (χ4n) is 1.76. The van der Waals surface area contributed by atoms with Gasteiger partial charge in [0.2, 0.25) is 5.78 Å². The molecular formula is C14H20O3. The Bertz CT molecular complexity index is 437. The fourth-order valence-corrected chi connectivity index (χ4v) is 1.76. The van der Waals surface area contributed by atoms with Gasteiger partial charge in [-0.25, -0.2) is 0 Å². The van der Waals surface area contributed by atoms with Gasteiger partial charge in [0.05, 0.1) is 0 Å². The predicted octanol–water partition coefficient (Wildman–Crippen LogP) is 2.97. The van der Waals surface area contributed by atoms with E-state index in [9.17, 15) is 14.7 Å². The Morgan fingerprint density at radius 1 is 0.882 bits per heavy atom. The van der Waals surface area contributed by atoms with Gasteiger partial charge < -0.3 is 5.11 Å². The average molecular weight is 236 g/mol. The summed E-state index contributed by atoms with van der Waals surface area (Å²) in [5.74, 6) is -1.79. The maximum atomic E-state index is 11.8. The maximum absolute atomic E-state index is 11.8. The zero-order valence-electron chi connectivity index (χ0n) is 11.3. The number of hydrogen-bond acceptors (Lipinski definition) is 3. The van der Waals surface area contributed by atoms with Crippen LogP contribution in [0.1, 0.15) is 41.5 Å². The van der Waals surface area contributed by atoms with Crippen molar-refractivity contribution < 1.29 is 14.7 Å². The number of carbonyl (C=O) groups is 2. The SMILES string of the molecule is CC(C)(C)C1=CC(C(C)(C)C)=C(O)C(=O)C1=O. The molecule has 3 nitrogen and oxygen atoms in total. The number of carbonyl (C=O) groups excluding carboxylic acids is 2. The van der Waals surface area contributed by atoms with Gasteiger partial charge in [-0.1, -0.05) is 41.5 Å². The number of aliphatic hydroxyl groups excluding tert-OH is 1. The van der Waals surface area contributed by atoms with Crippen LogP contribution in [0.25, 0.3) is 0 Å². The van der Waals surface area contributed by atoms with Crippen molar-refractivity contribution in [3.8, 4) is 0 Å². The van der Waals surface area contributed by atoms with Crippen molar-refractivity contribution in [2.45, 2.75) is 41.5 Å². The summed E-state index contributed by atoms with van der Waals surface area (Å²) < 4.78 is 0. The molecule has 0 heterocycles. The largest absolute Gasteiger partial charge is 0.504 e. The Balaban J connectivity index is 3.46. The van der Waals surface area contributed by atoms with E-state index in [1.54, 1.807) is 6.08 Å². The summed E-state index contributed by atoms with van der Waals surface area (Å²) in [6, 6.07) is 0. The van der Waals surface area contributed by atoms with Crippen LogP contribution in [0.15, 0.2) is 23.0 Å². The number of rotatable bonds is 0. The highest BCUT2D eigenvalue weighted by Gasteiger charge is 2.38. The van der Waals surface area contributed by atoms with Gasteiger partial charge in [-0.3, -0.25) is 9.59 Å². The summed E-state index contributed by atoms with van der Waals surface area (Å²) in [5, 5.41) is 9.79. The molecule has 3 heteroatoms. The van der Waals surface area contributed by atoms with E-state index in [0.717, 1.165) is 0 Å². The lowest BCUT2D eigenvalue weighted by Crippen LogP contribution is -2.32. The van der Waals surface area contributed by atoms with Gasteiger partial charge in [0.1, 0.15) is 0 Å². The first-order chi connectivity index (χ1) is 7.46. The van der Waals surface area contributed by atoms with Crippen molar-refractivity contribution in [3.05, 3.63) is 23.0 Å². The van der Waals surface area contributed by atoms with E-state index in [4.69, 9.17) is 0 Å². The Labute approximate surface area is 102 Å². The van der Waals surface area contributed by atoms with E-state index in [1.807, 2.05) is 41.5 Å². The second-order valence-electron chi connectivity index (χ2n) is 6.48. The molecule has 0 aromatic heterocycles. The van der Waals surface area contributed by atoms with Gasteiger partial charge in [0.15, 0.2) is 5.76 Å². The van der Waals surface area contributed by atoms with E-state index in [0.29, 0.717) is 11.1 Å². The molecular weight excluding hydrogens is 216 g/mol. The number of Topliss-reactive ketones (excluding diaryl/α,β-unsaturated/α-hetero) is 2. The van der Waals surface area contributed by atoms with Crippen molar-refractivity contribution in [3.63, 3.8) is 0 Å². The minimum absolute atomic E-state index is 0.364. The minimum Gasteiger partial charge on any atom is -0.504 e. The summed E-state index contributed by atoms with van der Waals surface area (Å²) in [6.45, 7) is 11.3. The molecule has 0 spiro atoms. The summed E-state index contributed by atoms with van der Waals surface area (Å²) in [5.41, 5.74) is 0.234. The summed E-state index contributed by atoms with van der Waals surface area (Å²) >= 11 is 0. The molecule has 0 aromatic carbocycles. The van der Waals surface area contributed by atoms with Crippen molar-refractivity contribution in [2.24, 2.45) is 10.8 Å². The van der Waals surface area contributed by atoms with Crippen LogP contribution in [0.3, 0.4) is 0 Å². The molecule has 1 N–H and O–H groups in total. The van der Waals surface area contributed by atoms with Crippen molar-refractivity contribution in [2.75, 3.05) is 0 Å². The van der Waals surface area contributed by atoms with Crippen molar-refractivity contribution >= 4 is 11.6 Å². The van der Waals surface area contributed by atoms with Crippen LogP contribution in [-0.2, 0) is 9.59 Å². The third-order valence-electron chi connectivity index (χ3n) is 2.83. The molecule has 94 valence electrons. The Hall–Kier alpha value is -1.38. The molecule has 1 rings (SSSR count). The molecule has 0 saturated carbocycles. The highest BCUT2D eigenvalue weighted by Crippen LogP contribution is 2.37. The van der Waals surface area contributed by atoms with Gasteiger partial charge in [-0.2, -0.15) is 0 Å². The molecule has 0 fully saturated rings. The number of ketones is 2. The molecule has 0 aliphatic heterocycles. The average Bonchev–Trinajstić information content (AvgIpc) is 2.10. The number of hydrogen-bond donors (Lipinski definition) is 1. The van der Waals surface area contributed by atoms with Gasteiger partial charge in [-0.05, 0) is 16.9 Å². The number of aliphatic hydroxyl groups is 1. The van der Waals surface area contributed by atoms with Crippen molar-refractivity contribution in [1.29, 1.82) is 0 Å². The molecule has 0 saturated heterocycles. The lowest BCUT2D eigenvalue weighted by molar-refractivity contribution is -0.134. The number of allylic oxidation sites excluding steroid dienone is 4. The third kappa shape index (κ3) is 2.48. The first-order valence-corrected chi connectivity index (χ1v) is 5.71. The summed E-state index contributed by atoms with van der Waals surface area (Å²) in [6.07, 6.45) is 1.67. The molecule has 0 atom stereocenters. The molecule has 0 unspecified atom stereocenters. The zero-order chi connectivity index (χ0) is 13.6. The van der Waals surface area contributed by atoms with E-state index in [2.05, 4.69) is 0 Å². The molecule has 0 radical (unpaired) electrons. The normalized spacial score (nSPS) is 18.6. The molecule has 0 aromatic rings. The lowest BCUT2D eigenvalue weighted by Gasteiger charge is -2.29. The van der Waals surface area contributed by atoms with Crippen LogP contribution >= 0.6 is 0 Å². The van der Waals surface area contributed by atoms with Gasteiger partial charge in [-0.15, -0.1) is 0 Å². The van der Waals surface area contributed by atoms with E-state index in [-0.39, 0.29) is 5.41 Å². The Kier molecular flexibility index (Phi) is 3.08. The summed E-state index contributed by atoms with van der Waals surface area (Å²) in [4.78, 5) is 23.6. The second-order valence-corrected chi connectivity index (χ2v) is 6.48. The van der Waals surface area contributed by atoms with E-state index >= 15 is 0 Å². The lowest BCUT2D eigenvalue weighted by atomic mass is 9.74. The zero-order valence-corrected chi connectivity index (χ0v) is 11.3. The van der Waals surface area contributed by atoms with Crippen LogP contribution in [0, 0.1) is 10.8 Å². The first kappa shape index (κ1) is 13.7. The minimum atomic E-state index is -0.789. The first-order valence-electron chi connectivity index (χ1n) is 5.71. The highest BCUT2D eigenvalue weighted by atomic mass is 16.3. The fraction of sp³-hybridized carbons (Fsp3) is 0.571. The van der Waals surface area contributed by atoms with Crippen LogP contribution < -0.4 is 0 Å². The second kappa shape index (κ2) is 3.83. The van der Waals surface area contributed by atoms with Crippen LogP contribution in [0.4, 0.5) is 0 Å². The van der Waals surface area contributed by atoms with Crippen LogP contribution in [0.5, 0.6) is 0 Å². The topological polar surface area (TPSA) is 54.4 Å². The van der Waals surface area contributed by atoms with Crippen LogP contribution in [-0.4, -0.2) is 16.7 Å².